The highest BCUT2D eigenvalue weighted by Crippen LogP contribution is 2.22. The van der Waals surface area contributed by atoms with Gasteiger partial charge in [0.2, 0.25) is 0 Å². The second-order valence-corrected chi connectivity index (χ2v) is 5.78. The summed E-state index contributed by atoms with van der Waals surface area (Å²) < 4.78 is 0. The molecule has 3 N–H and O–H groups in total. The standard InChI is InChI=1S/C13H21N3S.HI/c1-10(2)16-13(14)15-9-11(3)17-12-7-5-4-6-8-12;/h4-8,10-11H,9H2,1-3H3,(H3,14,15,16);1H. The zero-order valence-electron chi connectivity index (χ0n) is 11.1. The van der Waals surface area contributed by atoms with E-state index in [9.17, 15) is 0 Å². The van der Waals surface area contributed by atoms with Crippen LogP contribution in [0.15, 0.2) is 40.2 Å². The van der Waals surface area contributed by atoms with Crippen molar-refractivity contribution in [2.75, 3.05) is 6.54 Å². The topological polar surface area (TPSA) is 50.4 Å². The summed E-state index contributed by atoms with van der Waals surface area (Å²) in [5, 5.41) is 3.50. The third-order valence-electron chi connectivity index (χ3n) is 2.04. The minimum atomic E-state index is 0. The van der Waals surface area contributed by atoms with Crippen molar-refractivity contribution >= 4 is 41.7 Å². The second-order valence-electron chi connectivity index (χ2n) is 4.27. The molecule has 1 unspecified atom stereocenters. The van der Waals surface area contributed by atoms with E-state index in [2.05, 4.69) is 29.4 Å². The Bertz CT molecular complexity index is 355. The van der Waals surface area contributed by atoms with Gasteiger partial charge in [-0.1, -0.05) is 25.1 Å². The Morgan fingerprint density at radius 2 is 1.89 bits per heavy atom. The predicted octanol–water partition coefficient (Wildman–Crippen LogP) is 3.10. The Morgan fingerprint density at radius 3 is 2.44 bits per heavy atom. The van der Waals surface area contributed by atoms with Crippen LogP contribution in [0.1, 0.15) is 20.8 Å². The third-order valence-corrected chi connectivity index (χ3v) is 3.13. The number of nitrogens with one attached hydrogen (secondary N) is 1. The van der Waals surface area contributed by atoms with Gasteiger partial charge >= 0.3 is 0 Å². The van der Waals surface area contributed by atoms with Gasteiger partial charge in [-0.05, 0) is 26.0 Å². The molecule has 5 heteroatoms. The van der Waals surface area contributed by atoms with E-state index >= 15 is 0 Å². The molecule has 0 aliphatic rings. The van der Waals surface area contributed by atoms with Crippen molar-refractivity contribution in [1.29, 1.82) is 0 Å². The van der Waals surface area contributed by atoms with E-state index < -0.39 is 0 Å². The van der Waals surface area contributed by atoms with Gasteiger partial charge in [-0.25, -0.2) is 0 Å². The zero-order valence-corrected chi connectivity index (χ0v) is 14.2. The number of hydrogen-bond donors (Lipinski definition) is 2. The lowest BCUT2D eigenvalue weighted by Crippen LogP contribution is -2.37. The lowest BCUT2D eigenvalue weighted by molar-refractivity contribution is 0.723. The second kappa shape index (κ2) is 9.49. The van der Waals surface area contributed by atoms with E-state index in [1.165, 1.54) is 4.90 Å². The molecule has 0 bridgehead atoms. The molecule has 0 spiro atoms. The fraction of sp³-hybridized carbons (Fsp3) is 0.462. The first-order valence-corrected chi connectivity index (χ1v) is 6.74. The first kappa shape index (κ1) is 17.6. The monoisotopic (exact) mass is 379 g/mol. The molecule has 0 saturated heterocycles. The number of rotatable bonds is 5. The number of hydrogen-bond acceptors (Lipinski definition) is 2. The van der Waals surface area contributed by atoms with Gasteiger partial charge in [0.15, 0.2) is 5.96 Å². The Hall–Kier alpha value is -0.430. The summed E-state index contributed by atoms with van der Waals surface area (Å²) >= 11 is 1.81. The SMILES string of the molecule is CC(C)NC(N)=NCC(C)Sc1ccccc1.I. The zero-order chi connectivity index (χ0) is 12.7. The predicted molar refractivity (Wildman–Crippen MR) is 91.9 cm³/mol. The number of nitrogens with zero attached hydrogens (tertiary/aromatic N) is 1. The van der Waals surface area contributed by atoms with E-state index in [0.717, 1.165) is 6.54 Å². The van der Waals surface area contributed by atoms with Crippen molar-refractivity contribution in [1.82, 2.24) is 5.32 Å². The van der Waals surface area contributed by atoms with Crippen molar-refractivity contribution in [3.8, 4) is 0 Å². The smallest absolute Gasteiger partial charge is 0.188 e. The number of guanidine groups is 1. The lowest BCUT2D eigenvalue weighted by Gasteiger charge is -2.11. The Labute approximate surface area is 131 Å². The molecule has 0 saturated carbocycles. The van der Waals surface area contributed by atoms with Crippen molar-refractivity contribution in [2.24, 2.45) is 10.7 Å². The van der Waals surface area contributed by atoms with Gasteiger partial charge in [-0.2, -0.15) is 0 Å². The Morgan fingerprint density at radius 1 is 1.28 bits per heavy atom. The minimum Gasteiger partial charge on any atom is -0.370 e. The maximum absolute atomic E-state index is 5.75. The normalized spacial score (nSPS) is 13.0. The molecule has 0 aliphatic heterocycles. The third kappa shape index (κ3) is 7.81. The Kier molecular flexibility index (Phi) is 9.27. The van der Waals surface area contributed by atoms with Crippen LogP contribution in [-0.4, -0.2) is 23.8 Å². The molecular weight excluding hydrogens is 357 g/mol. The van der Waals surface area contributed by atoms with Gasteiger partial charge < -0.3 is 11.1 Å². The molecule has 0 heterocycles. The summed E-state index contributed by atoms with van der Waals surface area (Å²) in [6, 6.07) is 10.7. The first-order chi connectivity index (χ1) is 8.08. The van der Waals surface area contributed by atoms with Gasteiger partial charge in [0, 0.05) is 16.2 Å². The lowest BCUT2D eigenvalue weighted by atomic mass is 10.4. The first-order valence-electron chi connectivity index (χ1n) is 5.86. The molecule has 0 amide bonds. The van der Waals surface area contributed by atoms with Crippen molar-refractivity contribution in [2.45, 2.75) is 37.0 Å². The summed E-state index contributed by atoms with van der Waals surface area (Å²) in [6.07, 6.45) is 0. The van der Waals surface area contributed by atoms with Crippen LogP contribution in [0.4, 0.5) is 0 Å². The molecule has 0 fully saturated rings. The van der Waals surface area contributed by atoms with Crippen LogP contribution in [-0.2, 0) is 0 Å². The molecule has 0 aromatic heterocycles. The molecule has 1 rings (SSSR count). The van der Waals surface area contributed by atoms with Crippen molar-refractivity contribution in [3.63, 3.8) is 0 Å². The van der Waals surface area contributed by atoms with Crippen LogP contribution < -0.4 is 11.1 Å². The van der Waals surface area contributed by atoms with Crippen LogP contribution in [0.25, 0.3) is 0 Å². The van der Waals surface area contributed by atoms with Crippen molar-refractivity contribution < 1.29 is 0 Å². The molecule has 18 heavy (non-hydrogen) atoms. The van der Waals surface area contributed by atoms with Crippen LogP contribution in [0.2, 0.25) is 0 Å². The van der Waals surface area contributed by atoms with Gasteiger partial charge in [0.25, 0.3) is 0 Å². The number of nitrogens with two attached hydrogens (primary N) is 1. The molecule has 3 nitrogen and oxygen atoms in total. The maximum atomic E-state index is 5.75. The van der Waals surface area contributed by atoms with Crippen LogP contribution in [0.5, 0.6) is 0 Å². The molecule has 1 aromatic rings. The van der Waals surface area contributed by atoms with Gasteiger partial charge in [-0.3, -0.25) is 4.99 Å². The van der Waals surface area contributed by atoms with Crippen molar-refractivity contribution in [3.05, 3.63) is 30.3 Å². The highest BCUT2D eigenvalue weighted by atomic mass is 127. The molecule has 0 aliphatic carbocycles. The van der Waals surface area contributed by atoms with Crippen LogP contribution in [0, 0.1) is 0 Å². The maximum Gasteiger partial charge on any atom is 0.188 e. The fourth-order valence-electron chi connectivity index (χ4n) is 1.34. The highest BCUT2D eigenvalue weighted by molar-refractivity contribution is 14.0. The van der Waals surface area contributed by atoms with Gasteiger partial charge in [-0.15, -0.1) is 35.7 Å². The summed E-state index contributed by atoms with van der Waals surface area (Å²) in [5.41, 5.74) is 5.75. The molecular formula is C13H22IN3S. The highest BCUT2D eigenvalue weighted by Gasteiger charge is 2.03. The average molecular weight is 379 g/mol. The van der Waals surface area contributed by atoms with E-state index in [-0.39, 0.29) is 24.0 Å². The van der Waals surface area contributed by atoms with Gasteiger partial charge in [0.1, 0.15) is 0 Å². The number of thioether (sulfide) groups is 1. The Balaban J connectivity index is 0.00000289. The van der Waals surface area contributed by atoms with E-state index in [1.807, 2.05) is 43.8 Å². The summed E-state index contributed by atoms with van der Waals surface area (Å²) in [6.45, 7) is 6.98. The molecule has 1 atom stereocenters. The van der Waals surface area contributed by atoms with E-state index in [4.69, 9.17) is 5.73 Å². The summed E-state index contributed by atoms with van der Waals surface area (Å²) in [5.74, 6) is 0.528. The molecule has 0 radical (unpaired) electrons. The van der Waals surface area contributed by atoms with E-state index in [0.29, 0.717) is 17.3 Å². The molecule has 1 aromatic carbocycles. The van der Waals surface area contributed by atoms with Crippen LogP contribution in [0.3, 0.4) is 0 Å². The largest absolute Gasteiger partial charge is 0.370 e. The van der Waals surface area contributed by atoms with Crippen LogP contribution >= 0.6 is 35.7 Å². The fourth-order valence-corrected chi connectivity index (χ4v) is 2.26. The number of halogens is 1. The average Bonchev–Trinajstić information content (AvgIpc) is 2.27. The number of aliphatic imine (C=N–C) groups is 1. The minimum absolute atomic E-state index is 0. The van der Waals surface area contributed by atoms with E-state index in [1.54, 1.807) is 0 Å². The quantitative estimate of drug-likeness (QED) is 0.358. The molecule has 102 valence electrons. The van der Waals surface area contributed by atoms with Gasteiger partial charge in [0.05, 0.1) is 6.54 Å². The number of benzene rings is 1. The summed E-state index contributed by atoms with van der Waals surface area (Å²) in [7, 11) is 0. The summed E-state index contributed by atoms with van der Waals surface area (Å²) in [4.78, 5) is 5.59.